The van der Waals surface area contributed by atoms with Crippen molar-refractivity contribution in [2.24, 2.45) is 34.5 Å². The van der Waals surface area contributed by atoms with Crippen LogP contribution < -0.4 is 0 Å². The van der Waals surface area contributed by atoms with Gasteiger partial charge >= 0.3 is 0 Å². The van der Waals surface area contributed by atoms with E-state index in [1.165, 1.54) is 12.8 Å². The zero-order valence-corrected chi connectivity index (χ0v) is 17.3. The number of aliphatic hydroxyl groups is 1. The highest BCUT2D eigenvalue weighted by Gasteiger charge is 2.61. The Morgan fingerprint density at radius 3 is 2.62 bits per heavy atom. The number of ketones is 1. The molecule has 0 aromatic heterocycles. The molecule has 8 unspecified atom stereocenters. The molecule has 0 saturated heterocycles. The second kappa shape index (κ2) is 6.17. The number of carbonyl (C=O) groups excluding carboxylic acids is 1. The highest BCUT2D eigenvalue weighted by atomic mass is 16.3. The Kier molecular flexibility index (Phi) is 4.43. The van der Waals surface area contributed by atoms with Crippen LogP contribution in [0.3, 0.4) is 0 Å². The lowest BCUT2D eigenvalue weighted by molar-refractivity contribution is -0.122. The molecule has 4 rings (SSSR count). The van der Waals surface area contributed by atoms with Gasteiger partial charge in [-0.05, 0) is 81.2 Å². The maximum Gasteiger partial charge on any atom is 0.136 e. The van der Waals surface area contributed by atoms with E-state index in [0.717, 1.165) is 32.1 Å². The topological polar surface area (TPSA) is 40.5 Å². The lowest BCUT2D eigenvalue weighted by Gasteiger charge is -2.59. The normalized spacial score (nSPS) is 50.9. The molecule has 3 nitrogen and oxygen atoms in total. The lowest BCUT2D eigenvalue weighted by atomic mass is 9.47. The molecule has 3 fully saturated rings. The summed E-state index contributed by atoms with van der Waals surface area (Å²) >= 11 is 0. The molecule has 4 aliphatic carbocycles. The van der Waals surface area contributed by atoms with E-state index in [1.807, 2.05) is 0 Å². The molecule has 8 atom stereocenters. The molecule has 0 aromatic rings. The van der Waals surface area contributed by atoms with Crippen LogP contribution in [-0.4, -0.2) is 42.0 Å². The van der Waals surface area contributed by atoms with Crippen LogP contribution in [0.5, 0.6) is 0 Å². The number of carbonyl (C=O) groups is 1. The standard InChI is InChI=1S/C23H37NO2/c1-6-16-20(25)12-18-15-8-7-14-11-19(24(4)5)21(26)13-23(14,3)17(15)9-10-22(16,18)2/h7,15-19,21,26H,6,8-13H2,1-5H3. The summed E-state index contributed by atoms with van der Waals surface area (Å²) in [6, 6.07) is 0.247. The molecule has 0 spiro atoms. The second-order valence-electron chi connectivity index (χ2n) is 10.4. The van der Waals surface area contributed by atoms with Gasteiger partial charge in [0.2, 0.25) is 0 Å². The summed E-state index contributed by atoms with van der Waals surface area (Å²) in [6.45, 7) is 7.02. The number of aliphatic hydroxyl groups excluding tert-OH is 1. The summed E-state index contributed by atoms with van der Waals surface area (Å²) in [5.41, 5.74) is 1.93. The van der Waals surface area contributed by atoms with Crippen molar-refractivity contribution < 1.29 is 9.90 Å². The van der Waals surface area contributed by atoms with Gasteiger partial charge in [-0.25, -0.2) is 0 Å². The molecule has 26 heavy (non-hydrogen) atoms. The van der Waals surface area contributed by atoms with Crippen molar-refractivity contribution in [3.63, 3.8) is 0 Å². The van der Waals surface area contributed by atoms with Crippen molar-refractivity contribution in [2.45, 2.75) is 77.9 Å². The molecule has 3 saturated carbocycles. The van der Waals surface area contributed by atoms with Crippen LogP contribution in [0.1, 0.15) is 65.7 Å². The molecule has 1 N–H and O–H groups in total. The van der Waals surface area contributed by atoms with Crippen LogP contribution in [-0.2, 0) is 4.79 Å². The van der Waals surface area contributed by atoms with Gasteiger partial charge in [0, 0.05) is 18.4 Å². The van der Waals surface area contributed by atoms with Crippen molar-refractivity contribution in [2.75, 3.05) is 14.1 Å². The first-order chi connectivity index (χ1) is 12.2. The minimum atomic E-state index is -0.243. The van der Waals surface area contributed by atoms with Gasteiger partial charge in [0.15, 0.2) is 0 Å². The average molecular weight is 360 g/mol. The van der Waals surface area contributed by atoms with E-state index in [0.29, 0.717) is 23.5 Å². The number of Topliss-reactive ketones (excluding diaryl/α,β-unsaturated/α-hetero) is 1. The first kappa shape index (κ1) is 18.7. The predicted molar refractivity (Wildman–Crippen MR) is 105 cm³/mol. The SMILES string of the molecule is CCC1C(=O)CC2C3CC=C4CC(N(C)C)C(O)CC4(C)C3CCC12C. The van der Waals surface area contributed by atoms with E-state index in [2.05, 4.69) is 45.8 Å². The molecule has 0 aliphatic heterocycles. The maximum atomic E-state index is 12.7. The molecular formula is C23H37NO2. The summed E-state index contributed by atoms with van der Waals surface area (Å²) in [7, 11) is 4.17. The first-order valence-corrected chi connectivity index (χ1v) is 10.8. The number of hydrogen-bond acceptors (Lipinski definition) is 3. The van der Waals surface area contributed by atoms with Crippen molar-refractivity contribution in [3.8, 4) is 0 Å². The number of fused-ring (bicyclic) bond motifs is 5. The Labute approximate surface area is 159 Å². The van der Waals surface area contributed by atoms with Gasteiger partial charge in [0.1, 0.15) is 5.78 Å². The lowest BCUT2D eigenvalue weighted by Crippen LogP contribution is -2.55. The van der Waals surface area contributed by atoms with Crippen molar-refractivity contribution in [1.29, 1.82) is 0 Å². The van der Waals surface area contributed by atoms with Crippen LogP contribution >= 0.6 is 0 Å². The highest BCUT2D eigenvalue weighted by molar-refractivity contribution is 5.84. The molecule has 3 heteroatoms. The van der Waals surface area contributed by atoms with E-state index in [-0.39, 0.29) is 28.9 Å². The fourth-order valence-electron chi connectivity index (χ4n) is 7.80. The third kappa shape index (κ3) is 2.42. The first-order valence-electron chi connectivity index (χ1n) is 10.8. The molecule has 0 bridgehead atoms. The summed E-state index contributed by atoms with van der Waals surface area (Å²) < 4.78 is 0. The monoisotopic (exact) mass is 359 g/mol. The summed E-state index contributed by atoms with van der Waals surface area (Å²) in [5.74, 6) is 2.63. The molecule has 0 heterocycles. The van der Waals surface area contributed by atoms with Crippen LogP contribution in [0.15, 0.2) is 11.6 Å². The van der Waals surface area contributed by atoms with E-state index in [9.17, 15) is 9.90 Å². The van der Waals surface area contributed by atoms with Gasteiger partial charge in [-0.2, -0.15) is 0 Å². The number of rotatable bonds is 2. The summed E-state index contributed by atoms with van der Waals surface area (Å²) in [6.07, 6.45) is 9.54. The second-order valence-corrected chi connectivity index (χ2v) is 10.4. The Bertz CT molecular complexity index is 626. The Morgan fingerprint density at radius 1 is 1.23 bits per heavy atom. The third-order valence-electron chi connectivity index (χ3n) is 9.25. The van der Waals surface area contributed by atoms with Crippen molar-refractivity contribution in [3.05, 3.63) is 11.6 Å². The fourth-order valence-corrected chi connectivity index (χ4v) is 7.80. The molecule has 0 aromatic carbocycles. The van der Waals surface area contributed by atoms with E-state index < -0.39 is 0 Å². The van der Waals surface area contributed by atoms with E-state index in [4.69, 9.17) is 0 Å². The molecule has 4 aliphatic rings. The quantitative estimate of drug-likeness (QED) is 0.756. The molecule has 0 radical (unpaired) electrons. The minimum Gasteiger partial charge on any atom is -0.391 e. The Hall–Kier alpha value is -0.670. The summed E-state index contributed by atoms with van der Waals surface area (Å²) in [5, 5.41) is 10.9. The fraction of sp³-hybridized carbons (Fsp3) is 0.870. The van der Waals surface area contributed by atoms with Crippen molar-refractivity contribution in [1.82, 2.24) is 4.90 Å². The third-order valence-corrected chi connectivity index (χ3v) is 9.25. The van der Waals surface area contributed by atoms with Gasteiger partial charge in [0.05, 0.1) is 6.10 Å². The van der Waals surface area contributed by atoms with Crippen molar-refractivity contribution >= 4 is 5.78 Å². The van der Waals surface area contributed by atoms with Gasteiger partial charge in [-0.1, -0.05) is 32.4 Å². The van der Waals surface area contributed by atoms with Crippen LogP contribution in [0, 0.1) is 34.5 Å². The van der Waals surface area contributed by atoms with E-state index in [1.54, 1.807) is 5.57 Å². The maximum absolute atomic E-state index is 12.7. The Balaban J connectivity index is 1.66. The van der Waals surface area contributed by atoms with Gasteiger partial charge in [-0.3, -0.25) is 4.79 Å². The van der Waals surface area contributed by atoms with E-state index >= 15 is 0 Å². The Morgan fingerprint density at radius 2 is 1.96 bits per heavy atom. The minimum absolute atomic E-state index is 0.128. The molecular weight excluding hydrogens is 322 g/mol. The molecule has 146 valence electrons. The number of nitrogens with zero attached hydrogens (tertiary/aromatic N) is 1. The number of allylic oxidation sites excluding steroid dienone is 1. The van der Waals surface area contributed by atoms with Crippen LogP contribution in [0.2, 0.25) is 0 Å². The zero-order valence-electron chi connectivity index (χ0n) is 17.3. The summed E-state index contributed by atoms with van der Waals surface area (Å²) in [4.78, 5) is 14.9. The molecule has 0 amide bonds. The van der Waals surface area contributed by atoms with Gasteiger partial charge in [-0.15, -0.1) is 0 Å². The predicted octanol–water partition coefficient (Wildman–Crippen LogP) is 4.06. The van der Waals surface area contributed by atoms with Gasteiger partial charge in [0.25, 0.3) is 0 Å². The van der Waals surface area contributed by atoms with Crippen LogP contribution in [0.25, 0.3) is 0 Å². The smallest absolute Gasteiger partial charge is 0.136 e. The number of hydrogen-bond donors (Lipinski definition) is 1. The average Bonchev–Trinajstić information content (AvgIpc) is 2.83. The van der Waals surface area contributed by atoms with Crippen LogP contribution in [0.4, 0.5) is 0 Å². The van der Waals surface area contributed by atoms with Gasteiger partial charge < -0.3 is 10.0 Å². The largest absolute Gasteiger partial charge is 0.391 e. The number of likely N-dealkylation sites (N-methyl/N-ethyl adjacent to an activating group) is 1. The highest BCUT2D eigenvalue weighted by Crippen LogP contribution is 2.66. The zero-order chi connectivity index (χ0) is 18.9.